The van der Waals surface area contributed by atoms with Crippen molar-refractivity contribution in [3.63, 3.8) is 0 Å². The highest BCUT2D eigenvalue weighted by atomic mass is 15.3. The van der Waals surface area contributed by atoms with Crippen molar-refractivity contribution in [3.05, 3.63) is 96.9 Å². The summed E-state index contributed by atoms with van der Waals surface area (Å²) in [5.41, 5.74) is 13.0. The summed E-state index contributed by atoms with van der Waals surface area (Å²) in [5, 5.41) is 6.78. The average molecular weight is 554 g/mol. The molecule has 0 amide bonds. The van der Waals surface area contributed by atoms with Crippen molar-refractivity contribution in [2.75, 3.05) is 54.9 Å². The zero-order valence-corrected chi connectivity index (χ0v) is 24.9. The van der Waals surface area contributed by atoms with Gasteiger partial charge in [-0.1, -0.05) is 50.1 Å². The lowest BCUT2D eigenvalue weighted by Crippen LogP contribution is -2.47. The first-order valence-electron chi connectivity index (χ1n) is 14.8. The van der Waals surface area contributed by atoms with Crippen LogP contribution < -0.4 is 31.7 Å². The number of aryl methyl sites for hydroxylation is 1. The van der Waals surface area contributed by atoms with Gasteiger partial charge in [0.05, 0.1) is 17.1 Å². The predicted octanol–water partition coefficient (Wildman–Crippen LogP) is 5.99. The minimum Gasteiger partial charge on any atom is -0.386 e. The molecule has 218 valence electrons. The van der Waals surface area contributed by atoms with Crippen LogP contribution in [0.4, 0.5) is 17.1 Å². The van der Waals surface area contributed by atoms with E-state index in [1.807, 2.05) is 13.1 Å². The summed E-state index contributed by atoms with van der Waals surface area (Å²) in [5.74, 6) is 6.18. The number of hydrazine groups is 1. The fraction of sp³-hybridized carbons (Fsp3) is 0.382. The molecule has 0 unspecified atom stereocenters. The molecule has 0 aromatic heterocycles. The van der Waals surface area contributed by atoms with Crippen LogP contribution in [-0.4, -0.2) is 45.5 Å². The van der Waals surface area contributed by atoms with Gasteiger partial charge >= 0.3 is 0 Å². The zero-order valence-electron chi connectivity index (χ0n) is 24.9. The summed E-state index contributed by atoms with van der Waals surface area (Å²) in [6, 6.07) is 15.2. The van der Waals surface area contributed by atoms with Crippen LogP contribution in [0.3, 0.4) is 0 Å². The van der Waals surface area contributed by atoms with Crippen molar-refractivity contribution in [1.82, 2.24) is 10.7 Å². The maximum atomic E-state index is 5.36. The Kier molecular flexibility index (Phi) is 10.7. The highest BCUT2D eigenvalue weighted by Crippen LogP contribution is 2.34. The number of anilines is 3. The summed E-state index contributed by atoms with van der Waals surface area (Å²) in [4.78, 5) is 9.38. The SMILES string of the molecule is C=C(CCCNC(=C)c1ccc(N2CCN(c3ccccc3C)CC2)c(NC)c1)NN.C=CC1=CCC(C2CC2)=N1. The minimum atomic E-state index is 0.827. The van der Waals surface area contributed by atoms with Gasteiger partial charge in [-0.05, 0) is 73.9 Å². The molecule has 1 saturated carbocycles. The predicted molar refractivity (Wildman–Crippen MR) is 177 cm³/mol. The van der Waals surface area contributed by atoms with E-state index >= 15 is 0 Å². The Hall–Kier alpha value is -3.97. The first kappa shape index (κ1) is 30.0. The number of aliphatic imine (C=N–C) groups is 1. The quantitative estimate of drug-likeness (QED) is 0.147. The highest BCUT2D eigenvalue weighted by molar-refractivity contribution is 5.92. The van der Waals surface area contributed by atoms with Gasteiger partial charge in [-0.2, -0.15) is 0 Å². The summed E-state index contributed by atoms with van der Waals surface area (Å²) < 4.78 is 0. The Morgan fingerprint density at radius 3 is 2.37 bits per heavy atom. The third-order valence-corrected chi connectivity index (χ3v) is 7.94. The molecule has 5 N–H and O–H groups in total. The van der Waals surface area contributed by atoms with Crippen LogP contribution in [-0.2, 0) is 0 Å². The van der Waals surface area contributed by atoms with Gasteiger partial charge in [0.2, 0.25) is 0 Å². The molecular weight excluding hydrogens is 506 g/mol. The number of piperazine rings is 1. The molecule has 3 aliphatic rings. The molecule has 7 nitrogen and oxygen atoms in total. The van der Waals surface area contributed by atoms with Crippen molar-refractivity contribution in [3.8, 4) is 0 Å². The Morgan fingerprint density at radius 2 is 1.76 bits per heavy atom. The summed E-state index contributed by atoms with van der Waals surface area (Å²) in [6.07, 6.45) is 9.56. The minimum absolute atomic E-state index is 0.827. The van der Waals surface area contributed by atoms with E-state index < -0.39 is 0 Å². The number of para-hydroxylation sites is 1. The van der Waals surface area contributed by atoms with Crippen molar-refractivity contribution in [2.45, 2.75) is 39.0 Å². The number of nitrogens with one attached hydrogen (secondary N) is 3. The van der Waals surface area contributed by atoms with Gasteiger partial charge in [-0.15, -0.1) is 0 Å². The second-order valence-corrected chi connectivity index (χ2v) is 10.9. The summed E-state index contributed by atoms with van der Waals surface area (Å²) in [7, 11) is 1.98. The number of hydrogen-bond acceptors (Lipinski definition) is 7. The highest BCUT2D eigenvalue weighted by Gasteiger charge is 2.28. The van der Waals surface area contributed by atoms with E-state index in [2.05, 4.69) is 106 Å². The standard InChI is InChI=1S/C25H36N6.C9H11N/c1-19-8-5-6-10-24(19)30-14-16-31(17-15-30)25-12-11-22(18-23(25)27-4)21(3)28-13-7-9-20(2)29-26;1-2-8-5-6-9(10-8)7-3-4-7/h5-6,8,10-12,18,27-29H,2-3,7,9,13-17,26H2,1,4H3;2,5,7H,1,3-4,6H2. The summed E-state index contributed by atoms with van der Waals surface area (Å²) in [6.45, 7) is 18.8. The van der Waals surface area contributed by atoms with Gasteiger partial charge in [-0.25, -0.2) is 0 Å². The number of rotatable bonds is 12. The van der Waals surface area contributed by atoms with Gasteiger partial charge < -0.3 is 25.9 Å². The van der Waals surface area contributed by atoms with Crippen LogP contribution in [0.1, 0.15) is 43.2 Å². The lowest BCUT2D eigenvalue weighted by Gasteiger charge is -2.38. The molecule has 0 radical (unpaired) electrons. The topological polar surface area (TPSA) is 81.0 Å². The van der Waals surface area contributed by atoms with Crippen LogP contribution in [0.5, 0.6) is 0 Å². The fourth-order valence-electron chi connectivity index (χ4n) is 5.29. The first-order valence-corrected chi connectivity index (χ1v) is 14.8. The second-order valence-electron chi connectivity index (χ2n) is 10.9. The molecule has 2 aliphatic heterocycles. The number of allylic oxidation sites excluding steroid dienone is 3. The van der Waals surface area contributed by atoms with E-state index in [0.29, 0.717) is 0 Å². The average Bonchev–Trinajstić information content (AvgIpc) is 3.75. The first-order chi connectivity index (χ1) is 19.9. The van der Waals surface area contributed by atoms with E-state index in [1.54, 1.807) is 0 Å². The van der Waals surface area contributed by atoms with Crippen molar-refractivity contribution >= 4 is 28.5 Å². The second kappa shape index (κ2) is 14.6. The summed E-state index contributed by atoms with van der Waals surface area (Å²) >= 11 is 0. The van der Waals surface area contributed by atoms with E-state index in [4.69, 9.17) is 5.84 Å². The van der Waals surface area contributed by atoms with Crippen molar-refractivity contribution in [2.24, 2.45) is 16.8 Å². The smallest absolute Gasteiger partial charge is 0.0603 e. The molecule has 5 rings (SSSR count). The fourth-order valence-corrected chi connectivity index (χ4v) is 5.29. The molecule has 41 heavy (non-hydrogen) atoms. The lowest BCUT2D eigenvalue weighted by molar-refractivity contribution is 0.653. The Bertz CT molecular complexity index is 1280. The van der Waals surface area contributed by atoms with Crippen LogP contribution >= 0.6 is 0 Å². The third kappa shape index (κ3) is 8.27. The van der Waals surface area contributed by atoms with Gasteiger partial charge in [-0.3, -0.25) is 10.8 Å². The molecule has 2 aromatic rings. The van der Waals surface area contributed by atoms with Crippen molar-refractivity contribution in [1.29, 1.82) is 0 Å². The number of nitrogens with two attached hydrogens (primary N) is 1. The molecule has 0 bridgehead atoms. The largest absolute Gasteiger partial charge is 0.386 e. The Morgan fingerprint density at radius 1 is 1.05 bits per heavy atom. The third-order valence-electron chi connectivity index (χ3n) is 7.94. The molecule has 2 heterocycles. The molecule has 0 spiro atoms. The van der Waals surface area contributed by atoms with Gasteiger partial charge in [0.1, 0.15) is 0 Å². The van der Waals surface area contributed by atoms with Crippen LogP contribution in [0.2, 0.25) is 0 Å². The number of nitrogens with zero attached hydrogens (tertiary/aromatic N) is 3. The monoisotopic (exact) mass is 553 g/mol. The molecule has 1 saturated heterocycles. The number of benzene rings is 2. The maximum absolute atomic E-state index is 5.36. The Labute approximate surface area is 246 Å². The number of hydrogen-bond donors (Lipinski definition) is 4. The van der Waals surface area contributed by atoms with Crippen LogP contribution in [0, 0.1) is 12.8 Å². The lowest BCUT2D eigenvalue weighted by atomic mass is 10.1. The molecular formula is C34H47N7. The van der Waals surface area contributed by atoms with Crippen LogP contribution in [0.15, 0.2) is 90.7 Å². The molecule has 7 heteroatoms. The van der Waals surface area contributed by atoms with E-state index in [-0.39, 0.29) is 0 Å². The molecule has 2 fully saturated rings. The molecule has 0 atom stereocenters. The maximum Gasteiger partial charge on any atom is 0.0603 e. The molecule has 2 aromatic carbocycles. The van der Waals surface area contributed by atoms with E-state index in [0.717, 1.165) is 86.2 Å². The zero-order chi connectivity index (χ0) is 29.2. The van der Waals surface area contributed by atoms with E-state index in [9.17, 15) is 0 Å². The van der Waals surface area contributed by atoms with Crippen LogP contribution in [0.25, 0.3) is 5.70 Å². The molecule has 1 aliphatic carbocycles. The Balaban J connectivity index is 0.000000322. The van der Waals surface area contributed by atoms with E-state index in [1.165, 1.54) is 35.5 Å². The van der Waals surface area contributed by atoms with Gasteiger partial charge in [0.25, 0.3) is 0 Å². The normalized spacial score (nSPS) is 16.2. The van der Waals surface area contributed by atoms with Crippen molar-refractivity contribution < 1.29 is 0 Å². The van der Waals surface area contributed by atoms with Gasteiger partial charge in [0, 0.05) is 69.0 Å². The van der Waals surface area contributed by atoms with Gasteiger partial charge in [0.15, 0.2) is 0 Å².